The maximum absolute atomic E-state index is 9.60. The van der Waals surface area contributed by atoms with Crippen LogP contribution in [-0.2, 0) is 9.47 Å². The summed E-state index contributed by atoms with van der Waals surface area (Å²) >= 11 is 0. The van der Waals surface area contributed by atoms with Gasteiger partial charge in [0.1, 0.15) is 0 Å². The molecule has 0 atom stereocenters. The van der Waals surface area contributed by atoms with Crippen LogP contribution >= 0.6 is 0 Å². The predicted molar refractivity (Wildman–Crippen MR) is 36.6 cm³/mol. The van der Waals surface area contributed by atoms with Gasteiger partial charge in [-0.1, -0.05) is 0 Å². The Kier molecular flexibility index (Phi) is 5.86. The van der Waals surface area contributed by atoms with Crippen LogP contribution in [0.3, 0.4) is 0 Å². The van der Waals surface area contributed by atoms with Crippen LogP contribution in [0.4, 0.5) is 4.79 Å². The van der Waals surface area contributed by atoms with Crippen LogP contribution in [0.1, 0.15) is 13.3 Å². The molecular formula is C6H13NO3. The average molecular weight is 147 g/mol. The molecule has 1 aliphatic heterocycles. The summed E-state index contributed by atoms with van der Waals surface area (Å²) in [6, 6.07) is 0. The Hall–Kier alpha value is -0.770. The first-order valence-electron chi connectivity index (χ1n) is 3.27. The minimum absolute atomic E-state index is 0.356. The van der Waals surface area contributed by atoms with Crippen LogP contribution < -0.4 is 5.73 Å². The molecule has 4 heteroatoms. The monoisotopic (exact) mass is 147 g/mol. The lowest BCUT2D eigenvalue weighted by molar-refractivity contribution is 0.0367. The zero-order chi connectivity index (χ0) is 7.82. The fourth-order valence-corrected chi connectivity index (χ4v) is 0.287. The lowest BCUT2D eigenvalue weighted by atomic mass is 10.4. The topological polar surface area (TPSA) is 61.6 Å². The molecule has 1 heterocycles. The third-order valence-corrected chi connectivity index (χ3v) is 0.864. The maximum Gasteiger partial charge on any atom is 0.404 e. The minimum atomic E-state index is -0.711. The highest BCUT2D eigenvalue weighted by molar-refractivity contribution is 5.64. The van der Waals surface area contributed by atoms with Crippen molar-refractivity contribution in [3.63, 3.8) is 0 Å². The Morgan fingerprint density at radius 2 is 2.10 bits per heavy atom. The first kappa shape index (κ1) is 9.23. The van der Waals surface area contributed by atoms with Crippen molar-refractivity contribution in [1.29, 1.82) is 0 Å². The van der Waals surface area contributed by atoms with Crippen molar-refractivity contribution in [2.45, 2.75) is 13.3 Å². The van der Waals surface area contributed by atoms with E-state index in [2.05, 4.69) is 10.5 Å². The van der Waals surface area contributed by atoms with Gasteiger partial charge < -0.3 is 15.2 Å². The van der Waals surface area contributed by atoms with E-state index < -0.39 is 6.09 Å². The highest BCUT2D eigenvalue weighted by Gasteiger charge is 1.94. The SMILES string of the molecule is C1COC1.CCOC(N)=O. The van der Waals surface area contributed by atoms with Crippen molar-refractivity contribution in [1.82, 2.24) is 0 Å². The van der Waals surface area contributed by atoms with E-state index in [1.807, 2.05) is 0 Å². The number of ether oxygens (including phenoxy) is 2. The normalized spacial score (nSPS) is 14.1. The van der Waals surface area contributed by atoms with E-state index in [4.69, 9.17) is 4.74 Å². The standard InChI is InChI=1S/C3H7NO2.C3H6O/c1-2-6-3(4)5;1-2-4-3-1/h2H2,1H3,(H2,4,5);1-3H2. The van der Waals surface area contributed by atoms with Crippen molar-refractivity contribution in [3.8, 4) is 0 Å². The highest BCUT2D eigenvalue weighted by Crippen LogP contribution is 1.93. The molecule has 0 bridgehead atoms. The van der Waals surface area contributed by atoms with Gasteiger partial charge in [-0.15, -0.1) is 0 Å². The molecule has 1 aliphatic rings. The van der Waals surface area contributed by atoms with Crippen LogP contribution in [0.25, 0.3) is 0 Å². The number of carbonyl (C=O) groups is 1. The molecule has 0 spiro atoms. The van der Waals surface area contributed by atoms with Crippen molar-refractivity contribution >= 4 is 6.09 Å². The molecule has 2 N–H and O–H groups in total. The van der Waals surface area contributed by atoms with E-state index in [9.17, 15) is 4.79 Å². The Morgan fingerprint density at radius 3 is 2.10 bits per heavy atom. The lowest BCUT2D eigenvalue weighted by Crippen LogP contribution is -2.11. The Morgan fingerprint density at radius 1 is 1.70 bits per heavy atom. The smallest absolute Gasteiger partial charge is 0.404 e. The summed E-state index contributed by atoms with van der Waals surface area (Å²) in [7, 11) is 0. The number of hydrogen-bond acceptors (Lipinski definition) is 3. The summed E-state index contributed by atoms with van der Waals surface area (Å²) in [5.41, 5.74) is 4.54. The van der Waals surface area contributed by atoms with E-state index in [1.165, 1.54) is 6.42 Å². The van der Waals surface area contributed by atoms with Crippen LogP contribution in [0, 0.1) is 0 Å². The molecule has 0 aliphatic carbocycles. The first-order chi connectivity index (χ1) is 4.77. The van der Waals surface area contributed by atoms with Crippen molar-refractivity contribution < 1.29 is 14.3 Å². The number of nitrogens with two attached hydrogens (primary N) is 1. The van der Waals surface area contributed by atoms with Crippen molar-refractivity contribution in [2.24, 2.45) is 5.73 Å². The third kappa shape index (κ3) is 7.23. The molecule has 10 heavy (non-hydrogen) atoms. The van der Waals surface area contributed by atoms with Gasteiger partial charge in [-0.25, -0.2) is 4.79 Å². The van der Waals surface area contributed by atoms with Gasteiger partial charge in [0.15, 0.2) is 0 Å². The number of amides is 1. The number of carbonyl (C=O) groups excluding carboxylic acids is 1. The summed E-state index contributed by atoms with van der Waals surface area (Å²) in [5.74, 6) is 0. The molecule has 0 aromatic rings. The van der Waals surface area contributed by atoms with Crippen LogP contribution in [0.2, 0.25) is 0 Å². The molecule has 60 valence electrons. The van der Waals surface area contributed by atoms with Crippen molar-refractivity contribution in [3.05, 3.63) is 0 Å². The fraction of sp³-hybridized carbons (Fsp3) is 0.833. The van der Waals surface area contributed by atoms with E-state index >= 15 is 0 Å². The van der Waals surface area contributed by atoms with Crippen LogP contribution in [-0.4, -0.2) is 25.9 Å². The van der Waals surface area contributed by atoms with Gasteiger partial charge in [0.25, 0.3) is 0 Å². The summed E-state index contributed by atoms with van der Waals surface area (Å²) in [5, 5.41) is 0. The second-order valence-corrected chi connectivity index (χ2v) is 1.72. The summed E-state index contributed by atoms with van der Waals surface area (Å²) in [6.45, 7) is 4.06. The molecular weight excluding hydrogens is 134 g/mol. The fourth-order valence-electron chi connectivity index (χ4n) is 0.287. The van der Waals surface area contributed by atoms with E-state index in [0.29, 0.717) is 6.61 Å². The van der Waals surface area contributed by atoms with E-state index in [1.54, 1.807) is 6.92 Å². The zero-order valence-corrected chi connectivity index (χ0v) is 6.13. The average Bonchev–Trinajstić information content (AvgIpc) is 1.58. The predicted octanol–water partition coefficient (Wildman–Crippen LogP) is 0.508. The molecule has 1 amide bonds. The highest BCUT2D eigenvalue weighted by atomic mass is 16.5. The lowest BCUT2D eigenvalue weighted by Gasteiger charge is -2.09. The maximum atomic E-state index is 9.60. The van der Waals surface area contributed by atoms with Gasteiger partial charge >= 0.3 is 6.09 Å². The molecule has 0 aromatic carbocycles. The molecule has 0 unspecified atom stereocenters. The zero-order valence-electron chi connectivity index (χ0n) is 6.13. The number of rotatable bonds is 1. The van der Waals surface area contributed by atoms with E-state index in [0.717, 1.165) is 13.2 Å². The Labute approximate surface area is 60.3 Å². The summed E-state index contributed by atoms with van der Waals surface area (Å²) in [4.78, 5) is 9.60. The van der Waals surface area contributed by atoms with Crippen molar-refractivity contribution in [2.75, 3.05) is 19.8 Å². The van der Waals surface area contributed by atoms with Gasteiger partial charge in [-0.05, 0) is 13.3 Å². The first-order valence-corrected chi connectivity index (χ1v) is 3.27. The Balaban J connectivity index is 0.000000172. The number of primary amides is 1. The van der Waals surface area contributed by atoms with Crippen LogP contribution in [0.15, 0.2) is 0 Å². The molecule has 0 aromatic heterocycles. The van der Waals surface area contributed by atoms with Gasteiger partial charge in [0.05, 0.1) is 6.61 Å². The van der Waals surface area contributed by atoms with Crippen LogP contribution in [0.5, 0.6) is 0 Å². The molecule has 1 saturated heterocycles. The molecule has 0 radical (unpaired) electrons. The van der Waals surface area contributed by atoms with Gasteiger partial charge in [-0.2, -0.15) is 0 Å². The molecule has 1 rings (SSSR count). The summed E-state index contributed by atoms with van der Waals surface area (Å²) in [6.07, 6.45) is 0.567. The number of hydrogen-bond donors (Lipinski definition) is 1. The molecule has 4 nitrogen and oxygen atoms in total. The summed E-state index contributed by atoms with van der Waals surface area (Å²) < 4.78 is 8.90. The quantitative estimate of drug-likeness (QED) is 0.587. The molecule has 1 fully saturated rings. The minimum Gasteiger partial charge on any atom is -0.450 e. The van der Waals surface area contributed by atoms with E-state index in [-0.39, 0.29) is 0 Å². The Bertz CT molecular complexity index is 87.0. The third-order valence-electron chi connectivity index (χ3n) is 0.864. The van der Waals surface area contributed by atoms with Gasteiger partial charge in [-0.3, -0.25) is 0 Å². The second kappa shape index (κ2) is 6.35. The molecule has 0 saturated carbocycles. The van der Waals surface area contributed by atoms with Gasteiger partial charge in [0, 0.05) is 13.2 Å². The largest absolute Gasteiger partial charge is 0.450 e. The second-order valence-electron chi connectivity index (χ2n) is 1.72. The van der Waals surface area contributed by atoms with Gasteiger partial charge in [0.2, 0.25) is 0 Å².